The minimum Gasteiger partial charge on any atom is -0.298 e. The van der Waals surface area contributed by atoms with Crippen molar-refractivity contribution in [1.29, 1.82) is 0 Å². The lowest BCUT2D eigenvalue weighted by Crippen LogP contribution is -2.12. The molecule has 0 saturated heterocycles. The van der Waals surface area contributed by atoms with Gasteiger partial charge in [-0.3, -0.25) is 10.1 Å². The quantitative estimate of drug-likeness (QED) is 0.432. The van der Waals surface area contributed by atoms with Crippen LogP contribution in [0.3, 0.4) is 0 Å². The van der Waals surface area contributed by atoms with Crippen LogP contribution in [0.1, 0.15) is 40.7 Å². The Hall–Kier alpha value is -2.48. The van der Waals surface area contributed by atoms with Crippen molar-refractivity contribution in [3.8, 4) is 0 Å². The van der Waals surface area contributed by atoms with Gasteiger partial charge < -0.3 is 0 Å². The number of fused-ring (bicyclic) bond motifs is 1. The molecule has 4 rings (SSSR count). The summed E-state index contributed by atoms with van der Waals surface area (Å²) in [6, 6.07) is 7.51. The second-order valence-corrected chi connectivity index (χ2v) is 8.70. The van der Waals surface area contributed by atoms with E-state index in [0.717, 1.165) is 21.5 Å². The first-order valence-electron chi connectivity index (χ1n) is 8.94. The maximum Gasteiger partial charge on any atom is 0.259 e. The Morgan fingerprint density at radius 2 is 2.03 bits per heavy atom. The number of pyridine rings is 1. The first-order chi connectivity index (χ1) is 13.9. The van der Waals surface area contributed by atoms with Gasteiger partial charge in [-0.05, 0) is 31.5 Å². The lowest BCUT2D eigenvalue weighted by molar-refractivity contribution is 0.102. The van der Waals surface area contributed by atoms with Gasteiger partial charge >= 0.3 is 0 Å². The minimum atomic E-state index is -0.265. The Morgan fingerprint density at radius 1 is 1.21 bits per heavy atom. The molecule has 3 aromatic heterocycles. The highest BCUT2D eigenvalue weighted by molar-refractivity contribution is 7.15. The van der Waals surface area contributed by atoms with Crippen molar-refractivity contribution in [2.75, 3.05) is 5.32 Å². The van der Waals surface area contributed by atoms with Gasteiger partial charge in [-0.2, -0.15) is 5.10 Å². The molecule has 0 aliphatic heterocycles. The molecule has 9 heteroatoms. The van der Waals surface area contributed by atoms with E-state index in [9.17, 15) is 4.79 Å². The molecular weight excluding hydrogens is 429 g/mol. The average molecular weight is 446 g/mol. The number of nitrogens with one attached hydrogen (secondary N) is 1. The second kappa shape index (κ2) is 8.10. The van der Waals surface area contributed by atoms with Crippen LogP contribution < -0.4 is 5.32 Å². The van der Waals surface area contributed by atoms with E-state index in [1.165, 1.54) is 11.3 Å². The highest BCUT2D eigenvalue weighted by Gasteiger charge is 2.14. The number of benzene rings is 1. The molecule has 1 aromatic carbocycles. The van der Waals surface area contributed by atoms with E-state index in [1.54, 1.807) is 30.7 Å². The number of hydrogen-bond acceptors (Lipinski definition) is 5. The summed E-state index contributed by atoms with van der Waals surface area (Å²) in [6.07, 6.45) is 5.59. The number of thiazole rings is 1. The molecule has 0 aliphatic carbocycles. The molecule has 6 nitrogen and oxygen atoms in total. The standard InChI is InChI=1S/C20H17Cl2N5OS/c1-11(2)27-18-13(9-25-27)6-14(8-23-18)19(28)26-20-24-10-15(29-20)7-12-4-3-5-16(21)17(12)22/h3-6,8-11H,7H2,1-2H3,(H,24,26,28). The third-order valence-corrected chi connectivity index (χ3v) is 6.13. The van der Waals surface area contributed by atoms with E-state index in [-0.39, 0.29) is 11.9 Å². The van der Waals surface area contributed by atoms with Crippen molar-refractivity contribution in [2.24, 2.45) is 0 Å². The molecule has 0 bridgehead atoms. The zero-order chi connectivity index (χ0) is 20.5. The SMILES string of the molecule is CC(C)n1ncc2cc(C(=O)Nc3ncc(Cc4cccc(Cl)c4Cl)s3)cnc21. The topological polar surface area (TPSA) is 72.7 Å². The fraction of sp³-hybridized carbons (Fsp3) is 0.200. The van der Waals surface area contributed by atoms with Crippen molar-refractivity contribution < 1.29 is 4.79 Å². The van der Waals surface area contributed by atoms with E-state index in [4.69, 9.17) is 23.2 Å². The number of anilines is 1. The lowest BCUT2D eigenvalue weighted by Gasteiger charge is -2.06. The van der Waals surface area contributed by atoms with E-state index in [2.05, 4.69) is 20.4 Å². The van der Waals surface area contributed by atoms with Gasteiger partial charge in [-0.15, -0.1) is 11.3 Å². The molecule has 0 saturated carbocycles. The number of carbonyl (C=O) groups is 1. The fourth-order valence-electron chi connectivity index (χ4n) is 2.93. The number of nitrogens with zero attached hydrogens (tertiary/aromatic N) is 4. The van der Waals surface area contributed by atoms with Crippen LogP contribution in [0.15, 0.2) is 42.9 Å². The molecule has 29 heavy (non-hydrogen) atoms. The van der Waals surface area contributed by atoms with Crippen LogP contribution in [0.25, 0.3) is 11.0 Å². The van der Waals surface area contributed by atoms with Gasteiger partial charge in [0.15, 0.2) is 10.8 Å². The first-order valence-corrected chi connectivity index (χ1v) is 10.5. The van der Waals surface area contributed by atoms with E-state index >= 15 is 0 Å². The number of hydrogen-bond donors (Lipinski definition) is 1. The van der Waals surface area contributed by atoms with Gasteiger partial charge in [0, 0.05) is 35.1 Å². The Morgan fingerprint density at radius 3 is 2.83 bits per heavy atom. The number of rotatable bonds is 5. The maximum absolute atomic E-state index is 12.6. The number of aromatic nitrogens is 4. The van der Waals surface area contributed by atoms with Crippen LogP contribution in [0, 0.1) is 0 Å². The van der Waals surface area contributed by atoms with Gasteiger partial charge in [-0.25, -0.2) is 14.6 Å². The van der Waals surface area contributed by atoms with Crippen molar-refractivity contribution in [3.05, 3.63) is 68.9 Å². The molecule has 148 valence electrons. The van der Waals surface area contributed by atoms with E-state index < -0.39 is 0 Å². The first kappa shape index (κ1) is 19.8. The molecule has 0 unspecified atom stereocenters. The van der Waals surface area contributed by atoms with E-state index in [1.807, 2.05) is 30.7 Å². The van der Waals surface area contributed by atoms with Crippen LogP contribution in [0.4, 0.5) is 5.13 Å². The third-order valence-electron chi connectivity index (χ3n) is 4.35. The highest BCUT2D eigenvalue weighted by Crippen LogP contribution is 2.29. The van der Waals surface area contributed by atoms with Crippen LogP contribution in [-0.2, 0) is 6.42 Å². The van der Waals surface area contributed by atoms with Crippen molar-refractivity contribution in [3.63, 3.8) is 0 Å². The lowest BCUT2D eigenvalue weighted by atomic mass is 10.1. The summed E-state index contributed by atoms with van der Waals surface area (Å²) in [4.78, 5) is 22.3. The summed E-state index contributed by atoms with van der Waals surface area (Å²) in [5, 5.41) is 9.55. The summed E-state index contributed by atoms with van der Waals surface area (Å²) in [5.41, 5.74) is 2.12. The summed E-state index contributed by atoms with van der Waals surface area (Å²) in [7, 11) is 0. The summed E-state index contributed by atoms with van der Waals surface area (Å²) >= 11 is 13.7. The van der Waals surface area contributed by atoms with Crippen LogP contribution >= 0.6 is 34.5 Å². The third kappa shape index (κ3) is 4.12. The Balaban J connectivity index is 1.49. The molecule has 1 amide bonds. The number of halogens is 2. The molecule has 0 aliphatic rings. The largest absolute Gasteiger partial charge is 0.298 e. The number of carbonyl (C=O) groups excluding carboxylic acids is 1. The Bertz CT molecular complexity index is 1200. The molecule has 3 heterocycles. The Labute approximate surface area is 181 Å². The van der Waals surface area contributed by atoms with Gasteiger partial charge in [0.25, 0.3) is 5.91 Å². The van der Waals surface area contributed by atoms with Crippen molar-refractivity contribution in [2.45, 2.75) is 26.3 Å². The second-order valence-electron chi connectivity index (χ2n) is 6.80. The van der Waals surface area contributed by atoms with Crippen molar-refractivity contribution in [1.82, 2.24) is 19.7 Å². The number of amides is 1. The molecule has 4 aromatic rings. The smallest absolute Gasteiger partial charge is 0.259 e. The molecule has 1 N–H and O–H groups in total. The summed E-state index contributed by atoms with van der Waals surface area (Å²) < 4.78 is 1.82. The van der Waals surface area contributed by atoms with Crippen LogP contribution in [-0.4, -0.2) is 25.7 Å². The molecule has 0 spiro atoms. The highest BCUT2D eigenvalue weighted by atomic mass is 35.5. The van der Waals surface area contributed by atoms with Crippen LogP contribution in [0.5, 0.6) is 0 Å². The summed E-state index contributed by atoms with van der Waals surface area (Å²) in [6.45, 7) is 4.07. The monoisotopic (exact) mass is 445 g/mol. The van der Waals surface area contributed by atoms with Crippen molar-refractivity contribution >= 4 is 56.6 Å². The minimum absolute atomic E-state index is 0.196. The molecule has 0 fully saturated rings. The van der Waals surface area contributed by atoms with Gasteiger partial charge in [0.1, 0.15) is 0 Å². The van der Waals surface area contributed by atoms with E-state index in [0.29, 0.717) is 27.2 Å². The van der Waals surface area contributed by atoms with Gasteiger partial charge in [0.2, 0.25) is 0 Å². The molecular formula is C20H17Cl2N5OS. The normalized spacial score (nSPS) is 11.3. The Kier molecular flexibility index (Phi) is 5.54. The van der Waals surface area contributed by atoms with Crippen LogP contribution in [0.2, 0.25) is 10.0 Å². The average Bonchev–Trinajstić information content (AvgIpc) is 3.31. The predicted molar refractivity (Wildman–Crippen MR) is 117 cm³/mol. The zero-order valence-corrected chi connectivity index (χ0v) is 18.0. The molecule has 0 atom stereocenters. The molecule has 0 radical (unpaired) electrons. The zero-order valence-electron chi connectivity index (χ0n) is 15.7. The predicted octanol–water partition coefficient (Wildman–Crippen LogP) is 5.62. The van der Waals surface area contributed by atoms with Gasteiger partial charge in [0.05, 0.1) is 21.8 Å². The fourth-order valence-corrected chi connectivity index (χ4v) is 4.15. The summed E-state index contributed by atoms with van der Waals surface area (Å²) in [5.74, 6) is -0.265. The maximum atomic E-state index is 12.6. The van der Waals surface area contributed by atoms with Gasteiger partial charge in [-0.1, -0.05) is 35.3 Å².